The molecule has 1 aromatic carbocycles. The smallest absolute Gasteiger partial charge is 0.0815 e. The Morgan fingerprint density at radius 2 is 1.94 bits per heavy atom. The molecule has 1 rings (SSSR count). The van der Waals surface area contributed by atoms with E-state index in [1.54, 1.807) is 13.8 Å². The van der Waals surface area contributed by atoms with E-state index in [2.05, 4.69) is 31.9 Å². The second-order valence-electron chi connectivity index (χ2n) is 5.07. The number of aliphatic hydroxyl groups is 1. The molecule has 0 aliphatic rings. The lowest BCUT2D eigenvalue weighted by Crippen LogP contribution is -2.23. The molecule has 0 amide bonds. The van der Waals surface area contributed by atoms with Crippen molar-refractivity contribution in [3.63, 3.8) is 0 Å². The van der Waals surface area contributed by atoms with Gasteiger partial charge < -0.3 is 5.11 Å². The second kappa shape index (κ2) is 5.89. The molecule has 0 radical (unpaired) electrons. The van der Waals surface area contributed by atoms with Gasteiger partial charge in [0.05, 0.1) is 5.60 Å². The van der Waals surface area contributed by atoms with Crippen molar-refractivity contribution in [1.82, 2.24) is 0 Å². The maximum atomic E-state index is 10.3. The third-order valence-corrected chi connectivity index (χ3v) is 3.21. The van der Waals surface area contributed by atoms with Crippen LogP contribution in [0.3, 0.4) is 0 Å². The molecular weight excluding hydrogens is 220 g/mol. The van der Waals surface area contributed by atoms with Gasteiger partial charge in [-0.15, -0.1) is 12.3 Å². The Labute approximate surface area is 111 Å². The minimum Gasteiger partial charge on any atom is -0.386 e. The van der Waals surface area contributed by atoms with Gasteiger partial charge in [-0.1, -0.05) is 31.2 Å². The largest absolute Gasteiger partial charge is 0.386 e. The first-order valence-electron chi connectivity index (χ1n) is 6.36. The number of hydrogen-bond acceptors (Lipinski definition) is 1. The fraction of sp³-hybridized carbons (Fsp3) is 0.412. The zero-order valence-corrected chi connectivity index (χ0v) is 11.7. The van der Waals surface area contributed by atoms with Crippen LogP contribution >= 0.6 is 0 Å². The van der Waals surface area contributed by atoms with E-state index in [0.29, 0.717) is 6.42 Å². The Morgan fingerprint density at radius 1 is 1.33 bits per heavy atom. The van der Waals surface area contributed by atoms with Crippen molar-refractivity contribution in [2.75, 3.05) is 0 Å². The lowest BCUT2D eigenvalue weighted by Gasteiger charge is -2.25. The van der Waals surface area contributed by atoms with E-state index in [9.17, 15) is 5.11 Å². The summed E-state index contributed by atoms with van der Waals surface area (Å²) in [6.07, 6.45) is 6.79. The normalized spacial score (nSPS) is 12.9. The zero-order valence-electron chi connectivity index (χ0n) is 11.7. The van der Waals surface area contributed by atoms with Gasteiger partial charge in [-0.25, -0.2) is 0 Å². The molecule has 0 aliphatic heterocycles. The van der Waals surface area contributed by atoms with Gasteiger partial charge in [-0.2, -0.15) is 0 Å². The average molecular weight is 242 g/mol. The molecule has 18 heavy (non-hydrogen) atoms. The second-order valence-corrected chi connectivity index (χ2v) is 5.07. The topological polar surface area (TPSA) is 20.2 Å². The highest BCUT2D eigenvalue weighted by molar-refractivity contribution is 5.72. The summed E-state index contributed by atoms with van der Waals surface area (Å²) in [7, 11) is 0. The summed E-state index contributed by atoms with van der Waals surface area (Å²) in [4.78, 5) is 0. The lowest BCUT2D eigenvalue weighted by molar-refractivity contribution is 0.118. The number of benzene rings is 1. The predicted molar refractivity (Wildman–Crippen MR) is 78.1 cm³/mol. The number of rotatable bonds is 4. The molecule has 1 heteroatoms. The van der Waals surface area contributed by atoms with Gasteiger partial charge in [-0.3, -0.25) is 0 Å². The molecule has 0 unspecified atom stereocenters. The molecule has 0 heterocycles. The van der Waals surface area contributed by atoms with Gasteiger partial charge in [0.15, 0.2) is 0 Å². The van der Waals surface area contributed by atoms with E-state index < -0.39 is 5.60 Å². The molecule has 0 fully saturated rings. The van der Waals surface area contributed by atoms with Crippen LogP contribution < -0.4 is 0 Å². The summed E-state index contributed by atoms with van der Waals surface area (Å²) in [5.41, 5.74) is 3.64. The Balaban J connectivity index is 3.46. The summed E-state index contributed by atoms with van der Waals surface area (Å²) in [5.74, 6) is 2.66. The molecular formula is C17H22O. The van der Waals surface area contributed by atoms with Crippen molar-refractivity contribution >= 4 is 5.57 Å². The molecule has 0 aliphatic carbocycles. The monoisotopic (exact) mass is 242 g/mol. The number of terminal acetylenes is 1. The van der Waals surface area contributed by atoms with Crippen LogP contribution in [-0.4, -0.2) is 10.7 Å². The minimum absolute atomic E-state index is 0.487. The van der Waals surface area contributed by atoms with Crippen LogP contribution in [0.15, 0.2) is 29.8 Å². The molecule has 0 spiro atoms. The van der Waals surface area contributed by atoms with E-state index in [4.69, 9.17) is 6.42 Å². The summed E-state index contributed by atoms with van der Waals surface area (Å²) >= 11 is 0. The summed E-state index contributed by atoms with van der Waals surface area (Å²) in [6, 6.07) is 8.23. The van der Waals surface area contributed by atoms with Gasteiger partial charge >= 0.3 is 0 Å². The van der Waals surface area contributed by atoms with E-state index in [-0.39, 0.29) is 0 Å². The van der Waals surface area contributed by atoms with Crippen molar-refractivity contribution in [3.05, 3.63) is 41.0 Å². The van der Waals surface area contributed by atoms with Crippen LogP contribution in [0.4, 0.5) is 0 Å². The highest BCUT2D eigenvalue weighted by atomic mass is 16.3. The van der Waals surface area contributed by atoms with Gasteiger partial charge in [0.25, 0.3) is 0 Å². The summed E-state index contributed by atoms with van der Waals surface area (Å²) < 4.78 is 0. The summed E-state index contributed by atoms with van der Waals surface area (Å²) in [6.45, 7) is 7.79. The fourth-order valence-corrected chi connectivity index (χ4v) is 2.27. The first kappa shape index (κ1) is 14.5. The Hall–Kier alpha value is -1.52. The number of aryl methyl sites for hydroxylation is 1. The zero-order chi connectivity index (χ0) is 13.8. The Morgan fingerprint density at radius 3 is 2.39 bits per heavy atom. The first-order valence-corrected chi connectivity index (χ1v) is 6.36. The van der Waals surface area contributed by atoms with E-state index in [0.717, 1.165) is 12.0 Å². The van der Waals surface area contributed by atoms with Gasteiger partial charge in [-0.05, 0) is 49.5 Å². The first-order chi connectivity index (χ1) is 8.41. The molecule has 1 aromatic rings. The fourth-order valence-electron chi connectivity index (χ4n) is 2.27. The quantitative estimate of drug-likeness (QED) is 0.793. The highest BCUT2D eigenvalue weighted by Crippen LogP contribution is 2.32. The summed E-state index contributed by atoms with van der Waals surface area (Å²) in [5, 5.41) is 10.3. The van der Waals surface area contributed by atoms with Crippen molar-refractivity contribution in [1.29, 1.82) is 0 Å². The third kappa shape index (κ3) is 3.24. The molecule has 96 valence electrons. The van der Waals surface area contributed by atoms with E-state index in [1.807, 2.05) is 12.1 Å². The van der Waals surface area contributed by atoms with Crippen LogP contribution in [-0.2, 0) is 0 Å². The maximum Gasteiger partial charge on any atom is 0.0815 e. The molecule has 1 N–H and O–H groups in total. The Kier molecular flexibility index (Phi) is 4.76. The lowest BCUT2D eigenvalue weighted by atomic mass is 9.85. The van der Waals surface area contributed by atoms with Crippen molar-refractivity contribution < 1.29 is 5.11 Å². The van der Waals surface area contributed by atoms with Gasteiger partial charge in [0.2, 0.25) is 0 Å². The molecule has 0 bridgehead atoms. The number of allylic oxidation sites excluding steroid dienone is 1. The van der Waals surface area contributed by atoms with E-state index in [1.165, 1.54) is 16.7 Å². The Bertz CT molecular complexity index is 481. The van der Waals surface area contributed by atoms with Gasteiger partial charge in [0.1, 0.15) is 0 Å². The SMILES string of the molecule is C#CC/C(=C(/CC)c1ccccc1C)C(C)(C)O. The highest BCUT2D eigenvalue weighted by Gasteiger charge is 2.23. The van der Waals surface area contributed by atoms with Crippen molar-refractivity contribution in [2.24, 2.45) is 0 Å². The number of hydrogen-bond donors (Lipinski definition) is 1. The van der Waals surface area contributed by atoms with Gasteiger partial charge in [0, 0.05) is 6.42 Å². The standard InChI is InChI=1S/C17H22O/c1-6-10-16(17(4,5)18)14(7-2)15-12-9-8-11-13(15)3/h1,8-9,11-12,18H,7,10H2,2-5H3/b16-14+. The molecule has 0 saturated carbocycles. The minimum atomic E-state index is -0.875. The van der Waals surface area contributed by atoms with E-state index >= 15 is 0 Å². The predicted octanol–water partition coefficient (Wildman–Crippen LogP) is 3.95. The maximum absolute atomic E-state index is 10.3. The average Bonchev–Trinajstić information content (AvgIpc) is 2.30. The molecule has 0 atom stereocenters. The van der Waals surface area contributed by atoms with Crippen molar-refractivity contribution in [3.8, 4) is 12.3 Å². The molecule has 0 saturated heterocycles. The molecule has 1 nitrogen and oxygen atoms in total. The third-order valence-electron chi connectivity index (χ3n) is 3.21. The van der Waals surface area contributed by atoms with Crippen LogP contribution in [0.2, 0.25) is 0 Å². The van der Waals surface area contributed by atoms with Crippen LogP contribution in [0.1, 0.15) is 44.7 Å². The van der Waals surface area contributed by atoms with Crippen LogP contribution in [0.25, 0.3) is 5.57 Å². The van der Waals surface area contributed by atoms with Crippen LogP contribution in [0, 0.1) is 19.3 Å². The molecule has 0 aromatic heterocycles. The van der Waals surface area contributed by atoms with Crippen LogP contribution in [0.5, 0.6) is 0 Å². The van der Waals surface area contributed by atoms with Crippen molar-refractivity contribution in [2.45, 2.75) is 46.1 Å².